The Balaban J connectivity index is 1.80. The van der Waals surface area contributed by atoms with Crippen molar-refractivity contribution >= 4 is 11.6 Å². The SMILES string of the molecule is NC(=O)c1cc(NCC(O)COc2ccc(F)cc2)ccn1. The van der Waals surface area contributed by atoms with Crippen molar-refractivity contribution in [2.24, 2.45) is 5.73 Å². The first-order chi connectivity index (χ1) is 10.5. The topological polar surface area (TPSA) is 97.5 Å². The fourth-order valence-electron chi connectivity index (χ4n) is 1.69. The molecular weight excluding hydrogens is 289 g/mol. The molecule has 1 atom stereocenters. The second kappa shape index (κ2) is 7.37. The van der Waals surface area contributed by atoms with Crippen LogP contribution in [0.15, 0.2) is 42.6 Å². The van der Waals surface area contributed by atoms with Crippen LogP contribution in [-0.4, -0.2) is 35.3 Å². The highest BCUT2D eigenvalue weighted by Crippen LogP contribution is 2.12. The van der Waals surface area contributed by atoms with Gasteiger partial charge in [-0.2, -0.15) is 0 Å². The second-order valence-corrected chi connectivity index (χ2v) is 4.59. The van der Waals surface area contributed by atoms with Crippen LogP contribution in [0.25, 0.3) is 0 Å². The van der Waals surface area contributed by atoms with Crippen molar-refractivity contribution in [1.82, 2.24) is 4.98 Å². The number of anilines is 1. The molecule has 0 radical (unpaired) electrons. The predicted molar refractivity (Wildman–Crippen MR) is 79.1 cm³/mol. The Labute approximate surface area is 126 Å². The van der Waals surface area contributed by atoms with Gasteiger partial charge in [0, 0.05) is 18.4 Å². The van der Waals surface area contributed by atoms with Crippen molar-refractivity contribution in [3.8, 4) is 5.75 Å². The van der Waals surface area contributed by atoms with Crippen LogP contribution in [0.1, 0.15) is 10.5 Å². The molecule has 1 heterocycles. The van der Waals surface area contributed by atoms with Gasteiger partial charge in [0.25, 0.3) is 5.91 Å². The number of nitrogens with one attached hydrogen (secondary N) is 1. The molecule has 0 spiro atoms. The molecule has 2 aromatic rings. The highest BCUT2D eigenvalue weighted by atomic mass is 19.1. The quantitative estimate of drug-likeness (QED) is 0.713. The van der Waals surface area contributed by atoms with Crippen molar-refractivity contribution in [3.63, 3.8) is 0 Å². The van der Waals surface area contributed by atoms with E-state index in [2.05, 4.69) is 10.3 Å². The zero-order valence-electron chi connectivity index (χ0n) is 11.7. The summed E-state index contributed by atoms with van der Waals surface area (Å²) < 4.78 is 18.1. The lowest BCUT2D eigenvalue weighted by molar-refractivity contribution is 0.0995. The minimum absolute atomic E-state index is 0.0480. The molecule has 116 valence electrons. The minimum atomic E-state index is -0.782. The van der Waals surface area contributed by atoms with Gasteiger partial charge < -0.3 is 20.9 Å². The Morgan fingerprint density at radius 3 is 2.77 bits per heavy atom. The average molecular weight is 305 g/mol. The van der Waals surface area contributed by atoms with Gasteiger partial charge in [0.1, 0.15) is 30.0 Å². The van der Waals surface area contributed by atoms with E-state index in [4.69, 9.17) is 10.5 Å². The minimum Gasteiger partial charge on any atom is -0.491 e. The summed E-state index contributed by atoms with van der Waals surface area (Å²) in [6, 6.07) is 8.68. The second-order valence-electron chi connectivity index (χ2n) is 4.59. The Morgan fingerprint density at radius 1 is 1.36 bits per heavy atom. The highest BCUT2D eigenvalue weighted by molar-refractivity contribution is 5.91. The Hall–Kier alpha value is -2.67. The van der Waals surface area contributed by atoms with Crippen LogP contribution in [0.4, 0.5) is 10.1 Å². The number of aromatic nitrogens is 1. The van der Waals surface area contributed by atoms with Gasteiger partial charge in [-0.05, 0) is 36.4 Å². The lowest BCUT2D eigenvalue weighted by atomic mass is 10.3. The number of carbonyl (C=O) groups excluding carboxylic acids is 1. The third kappa shape index (κ3) is 4.71. The number of ether oxygens (including phenoxy) is 1. The number of hydrogen-bond donors (Lipinski definition) is 3. The smallest absolute Gasteiger partial charge is 0.267 e. The maximum absolute atomic E-state index is 12.7. The summed E-state index contributed by atoms with van der Waals surface area (Å²) in [5, 5.41) is 12.8. The summed E-state index contributed by atoms with van der Waals surface area (Å²) in [5.74, 6) is -0.498. The molecule has 0 bridgehead atoms. The maximum Gasteiger partial charge on any atom is 0.267 e. The van der Waals surface area contributed by atoms with Gasteiger partial charge in [-0.1, -0.05) is 0 Å². The van der Waals surface area contributed by atoms with Gasteiger partial charge in [0.05, 0.1) is 0 Å². The molecular formula is C15H16FN3O3. The number of nitrogens with two attached hydrogens (primary N) is 1. The van der Waals surface area contributed by atoms with Crippen LogP contribution >= 0.6 is 0 Å². The summed E-state index contributed by atoms with van der Waals surface area (Å²) in [7, 11) is 0. The standard InChI is InChI=1S/C15H16FN3O3/c16-10-1-3-13(4-2-10)22-9-12(20)8-19-11-5-6-18-14(7-11)15(17)21/h1-7,12,20H,8-9H2,(H2,17,21)(H,18,19). The number of halogens is 1. The van der Waals surface area contributed by atoms with Crippen LogP contribution in [0.5, 0.6) is 5.75 Å². The predicted octanol–water partition coefficient (Wildman–Crippen LogP) is 1.17. The number of amides is 1. The molecule has 6 nitrogen and oxygen atoms in total. The van der Waals surface area contributed by atoms with Crippen LogP contribution in [0.2, 0.25) is 0 Å². The molecule has 1 amide bonds. The molecule has 0 fully saturated rings. The summed E-state index contributed by atoms with van der Waals surface area (Å²) in [6.45, 7) is 0.260. The van der Waals surface area contributed by atoms with E-state index in [0.717, 1.165) is 0 Å². The van der Waals surface area contributed by atoms with Crippen LogP contribution < -0.4 is 15.8 Å². The number of primary amides is 1. The zero-order chi connectivity index (χ0) is 15.9. The molecule has 22 heavy (non-hydrogen) atoms. The molecule has 0 saturated heterocycles. The normalized spacial score (nSPS) is 11.7. The van der Waals surface area contributed by atoms with E-state index in [1.807, 2.05) is 0 Å². The molecule has 0 aliphatic rings. The molecule has 0 saturated carbocycles. The number of carbonyl (C=O) groups is 1. The first-order valence-electron chi connectivity index (χ1n) is 6.61. The first kappa shape index (κ1) is 15.7. The van der Waals surface area contributed by atoms with Gasteiger partial charge in [0.15, 0.2) is 0 Å². The zero-order valence-corrected chi connectivity index (χ0v) is 11.7. The van der Waals surface area contributed by atoms with Gasteiger partial charge >= 0.3 is 0 Å². The van der Waals surface area contributed by atoms with E-state index in [-0.39, 0.29) is 24.7 Å². The van der Waals surface area contributed by atoms with Gasteiger partial charge in [0.2, 0.25) is 0 Å². The van der Waals surface area contributed by atoms with Crippen LogP contribution in [0.3, 0.4) is 0 Å². The largest absolute Gasteiger partial charge is 0.491 e. The maximum atomic E-state index is 12.7. The van der Waals surface area contributed by atoms with Crippen molar-refractivity contribution in [3.05, 3.63) is 54.1 Å². The van der Waals surface area contributed by atoms with E-state index in [1.54, 1.807) is 6.07 Å². The van der Waals surface area contributed by atoms with E-state index < -0.39 is 12.0 Å². The number of hydrogen-bond acceptors (Lipinski definition) is 5. The van der Waals surface area contributed by atoms with Gasteiger partial charge in [-0.15, -0.1) is 0 Å². The van der Waals surface area contributed by atoms with Crippen LogP contribution in [0, 0.1) is 5.82 Å². The number of aliphatic hydroxyl groups is 1. The fourth-order valence-corrected chi connectivity index (χ4v) is 1.69. The molecule has 2 rings (SSSR count). The summed E-state index contributed by atoms with van der Waals surface area (Å²) in [5.41, 5.74) is 5.89. The fraction of sp³-hybridized carbons (Fsp3) is 0.200. The number of benzene rings is 1. The van der Waals surface area contributed by atoms with E-state index in [0.29, 0.717) is 11.4 Å². The summed E-state index contributed by atoms with van der Waals surface area (Å²) in [4.78, 5) is 14.8. The van der Waals surface area contributed by atoms with E-state index in [9.17, 15) is 14.3 Å². The Kier molecular flexibility index (Phi) is 5.26. The number of aliphatic hydroxyl groups excluding tert-OH is 1. The van der Waals surface area contributed by atoms with Crippen molar-refractivity contribution in [1.29, 1.82) is 0 Å². The molecule has 1 aromatic carbocycles. The van der Waals surface area contributed by atoms with Gasteiger partial charge in [-0.25, -0.2) is 4.39 Å². The third-order valence-electron chi connectivity index (χ3n) is 2.81. The lowest BCUT2D eigenvalue weighted by Crippen LogP contribution is -2.26. The highest BCUT2D eigenvalue weighted by Gasteiger charge is 2.07. The number of pyridine rings is 1. The number of nitrogens with zero attached hydrogens (tertiary/aromatic N) is 1. The Bertz CT molecular complexity index is 634. The number of rotatable bonds is 7. The van der Waals surface area contributed by atoms with Crippen molar-refractivity contribution in [2.45, 2.75) is 6.10 Å². The van der Waals surface area contributed by atoms with Crippen molar-refractivity contribution < 1.29 is 19.0 Å². The summed E-state index contributed by atoms with van der Waals surface area (Å²) in [6.07, 6.45) is 0.666. The average Bonchev–Trinajstić information content (AvgIpc) is 2.52. The third-order valence-corrected chi connectivity index (χ3v) is 2.81. The molecule has 0 aliphatic carbocycles. The molecule has 0 aliphatic heterocycles. The van der Waals surface area contributed by atoms with E-state index >= 15 is 0 Å². The Morgan fingerprint density at radius 2 is 2.09 bits per heavy atom. The molecule has 1 aromatic heterocycles. The lowest BCUT2D eigenvalue weighted by Gasteiger charge is -2.14. The molecule has 4 N–H and O–H groups in total. The van der Waals surface area contributed by atoms with Crippen LogP contribution in [-0.2, 0) is 0 Å². The first-order valence-corrected chi connectivity index (χ1v) is 6.61. The monoisotopic (exact) mass is 305 g/mol. The molecule has 1 unspecified atom stereocenters. The molecule has 7 heteroatoms. The van der Waals surface area contributed by atoms with E-state index in [1.165, 1.54) is 36.5 Å². The van der Waals surface area contributed by atoms with Gasteiger partial charge in [-0.3, -0.25) is 9.78 Å². The summed E-state index contributed by atoms with van der Waals surface area (Å²) >= 11 is 0. The van der Waals surface area contributed by atoms with Crippen molar-refractivity contribution in [2.75, 3.05) is 18.5 Å².